The Kier molecular flexibility index (Phi) is 5.78. The van der Waals surface area contributed by atoms with Crippen molar-refractivity contribution >= 4 is 41.6 Å². The fraction of sp³-hybridized carbons (Fsp3) is 0.241. The zero-order chi connectivity index (χ0) is 27.7. The van der Waals surface area contributed by atoms with E-state index in [-0.39, 0.29) is 52.3 Å². The number of benzene rings is 2. The first kappa shape index (κ1) is 25.2. The summed E-state index contributed by atoms with van der Waals surface area (Å²) >= 11 is 0. The Morgan fingerprint density at radius 2 is 1.77 bits per heavy atom. The number of ketones is 2. The fourth-order valence-electron chi connectivity index (χ4n) is 6.54. The number of Topliss-reactive ketones (excluding diaryl/α,β-unsaturated/α-hetero) is 1. The van der Waals surface area contributed by atoms with E-state index in [1.807, 2.05) is 6.08 Å². The third-order valence-corrected chi connectivity index (χ3v) is 8.29. The van der Waals surface area contributed by atoms with E-state index in [0.717, 1.165) is 11.0 Å². The molecule has 0 bridgehead atoms. The number of hydrogen-bond acceptors (Lipinski definition) is 7. The van der Waals surface area contributed by atoms with Crippen LogP contribution < -0.4 is 10.4 Å². The molecule has 6 rings (SSSR count). The van der Waals surface area contributed by atoms with Gasteiger partial charge in [0.2, 0.25) is 11.8 Å². The molecule has 2 aromatic rings. The van der Waals surface area contributed by atoms with Crippen LogP contribution in [-0.4, -0.2) is 45.7 Å². The number of allylic oxidation sites excluding steroid dienone is 6. The molecule has 2 amide bonds. The van der Waals surface area contributed by atoms with Gasteiger partial charge in [-0.05, 0) is 67.1 Å². The van der Waals surface area contributed by atoms with Gasteiger partial charge < -0.3 is 15.2 Å². The number of rotatable bonds is 3. The monoisotopic (exact) mass is 527 g/mol. The Bertz CT molecular complexity index is 1590. The summed E-state index contributed by atoms with van der Waals surface area (Å²) in [4.78, 5) is 55.0. The SMILES string of the molecule is CC1=CC(=O)C2=C(CC3C(=CCC4C(=O)N(c5cccc(B(O)O)c5)C(=O)C43)C2c2ccc(O)c(F)c2)C1=O. The van der Waals surface area contributed by atoms with Crippen LogP contribution >= 0.6 is 0 Å². The van der Waals surface area contributed by atoms with E-state index >= 15 is 0 Å². The number of aromatic hydroxyl groups is 1. The van der Waals surface area contributed by atoms with Gasteiger partial charge in [-0.3, -0.25) is 24.1 Å². The van der Waals surface area contributed by atoms with Gasteiger partial charge in [0.1, 0.15) is 0 Å². The normalized spacial score (nSPS) is 26.2. The van der Waals surface area contributed by atoms with Crippen LogP contribution in [0.2, 0.25) is 0 Å². The van der Waals surface area contributed by atoms with E-state index in [0.29, 0.717) is 11.1 Å². The first-order valence-electron chi connectivity index (χ1n) is 12.6. The summed E-state index contributed by atoms with van der Waals surface area (Å²) in [7, 11) is -1.78. The van der Waals surface area contributed by atoms with Crippen molar-refractivity contribution in [3.05, 3.63) is 88.3 Å². The summed E-state index contributed by atoms with van der Waals surface area (Å²) in [6.07, 6.45) is 3.37. The van der Waals surface area contributed by atoms with Gasteiger partial charge in [-0.15, -0.1) is 0 Å². The minimum atomic E-state index is -1.78. The number of amides is 2. The first-order chi connectivity index (χ1) is 18.6. The van der Waals surface area contributed by atoms with Crippen molar-refractivity contribution in [2.24, 2.45) is 17.8 Å². The summed E-state index contributed by atoms with van der Waals surface area (Å²) in [5.41, 5.74) is 2.11. The molecule has 0 aromatic heterocycles. The lowest BCUT2D eigenvalue weighted by molar-refractivity contribution is -0.123. The maximum absolute atomic E-state index is 14.5. The predicted octanol–water partition coefficient (Wildman–Crippen LogP) is 1.85. The lowest BCUT2D eigenvalue weighted by Crippen LogP contribution is -2.40. The minimum absolute atomic E-state index is 0.0808. The van der Waals surface area contributed by atoms with Gasteiger partial charge in [0, 0.05) is 22.6 Å². The van der Waals surface area contributed by atoms with Crippen LogP contribution in [0.5, 0.6) is 5.75 Å². The highest BCUT2D eigenvalue weighted by molar-refractivity contribution is 6.58. The predicted molar refractivity (Wildman–Crippen MR) is 138 cm³/mol. The summed E-state index contributed by atoms with van der Waals surface area (Å²) in [5, 5.41) is 28.9. The standard InChI is InChI=1S/C29H23BFNO7/c1-13-9-23(34)26-20(27(13)35)12-19-17(24(26)14-5-8-22(33)21(31)10-14)6-7-18-25(19)29(37)32(28(18)36)16-4-2-3-15(11-16)30(38)39/h2-6,8-11,18-19,24-25,33,38-39H,7,12H2,1H3. The molecule has 0 saturated carbocycles. The summed E-state index contributed by atoms with van der Waals surface area (Å²) in [6, 6.07) is 9.69. The van der Waals surface area contributed by atoms with Crippen molar-refractivity contribution < 1.29 is 38.7 Å². The van der Waals surface area contributed by atoms with Crippen molar-refractivity contribution in [1.82, 2.24) is 0 Å². The second kappa shape index (κ2) is 8.96. The van der Waals surface area contributed by atoms with Crippen molar-refractivity contribution in [1.29, 1.82) is 0 Å². The number of nitrogens with zero attached hydrogens (tertiary/aromatic N) is 1. The number of phenolic OH excluding ortho intramolecular Hbond substituents is 1. The summed E-state index contributed by atoms with van der Waals surface area (Å²) in [5.74, 6) is -5.98. The molecular weight excluding hydrogens is 504 g/mol. The van der Waals surface area contributed by atoms with Crippen molar-refractivity contribution in [3.8, 4) is 5.75 Å². The quantitative estimate of drug-likeness (QED) is 0.240. The van der Waals surface area contributed by atoms with Gasteiger partial charge in [-0.1, -0.05) is 29.8 Å². The van der Waals surface area contributed by atoms with Gasteiger partial charge in [-0.25, -0.2) is 4.39 Å². The molecule has 2 aromatic carbocycles. The number of carbonyl (C=O) groups is 4. The Morgan fingerprint density at radius 1 is 1.00 bits per heavy atom. The third-order valence-electron chi connectivity index (χ3n) is 8.29. The number of imide groups is 1. The third kappa shape index (κ3) is 3.74. The molecular formula is C29H23BFNO7. The highest BCUT2D eigenvalue weighted by Gasteiger charge is 2.56. The van der Waals surface area contributed by atoms with Crippen molar-refractivity contribution in [2.75, 3.05) is 4.90 Å². The Balaban J connectivity index is 1.47. The largest absolute Gasteiger partial charge is 0.505 e. The summed E-state index contributed by atoms with van der Waals surface area (Å²) in [6.45, 7) is 1.54. The molecule has 1 saturated heterocycles. The number of fused-ring (bicyclic) bond motifs is 3. The maximum Gasteiger partial charge on any atom is 0.488 e. The molecule has 10 heteroatoms. The molecule has 1 aliphatic heterocycles. The van der Waals surface area contributed by atoms with E-state index < -0.39 is 54.2 Å². The van der Waals surface area contributed by atoms with Crippen LogP contribution in [0.15, 0.2) is 76.9 Å². The minimum Gasteiger partial charge on any atom is -0.505 e. The fourth-order valence-corrected chi connectivity index (χ4v) is 6.54. The molecule has 4 aliphatic rings. The highest BCUT2D eigenvalue weighted by Crippen LogP contribution is 2.55. The van der Waals surface area contributed by atoms with Gasteiger partial charge in [0.15, 0.2) is 23.1 Å². The molecule has 1 heterocycles. The molecule has 3 N–H and O–H groups in total. The lowest BCUT2D eigenvalue weighted by Gasteiger charge is -2.42. The van der Waals surface area contributed by atoms with E-state index in [1.165, 1.54) is 42.5 Å². The molecule has 1 fully saturated rings. The first-order valence-corrected chi connectivity index (χ1v) is 12.6. The van der Waals surface area contributed by atoms with Crippen LogP contribution in [0, 0.1) is 23.6 Å². The van der Waals surface area contributed by atoms with Crippen LogP contribution in [0.3, 0.4) is 0 Å². The van der Waals surface area contributed by atoms with Gasteiger partial charge >= 0.3 is 7.12 Å². The van der Waals surface area contributed by atoms with Crippen molar-refractivity contribution in [3.63, 3.8) is 0 Å². The smallest absolute Gasteiger partial charge is 0.488 e. The van der Waals surface area contributed by atoms with E-state index in [4.69, 9.17) is 0 Å². The summed E-state index contributed by atoms with van der Waals surface area (Å²) < 4.78 is 14.5. The van der Waals surface area contributed by atoms with Gasteiger partial charge in [0.25, 0.3) is 0 Å². The van der Waals surface area contributed by atoms with Crippen LogP contribution in [0.1, 0.15) is 31.2 Å². The van der Waals surface area contributed by atoms with Crippen LogP contribution in [0.4, 0.5) is 10.1 Å². The van der Waals surface area contributed by atoms with E-state index in [9.17, 15) is 38.7 Å². The Labute approximate surface area is 222 Å². The molecule has 3 aliphatic carbocycles. The molecule has 196 valence electrons. The molecule has 4 unspecified atom stereocenters. The number of hydrogen-bond donors (Lipinski definition) is 3. The topological polar surface area (TPSA) is 132 Å². The van der Waals surface area contributed by atoms with Crippen LogP contribution in [-0.2, 0) is 19.2 Å². The van der Waals surface area contributed by atoms with E-state index in [2.05, 4.69) is 0 Å². The average Bonchev–Trinajstić information content (AvgIpc) is 3.17. The van der Waals surface area contributed by atoms with E-state index in [1.54, 1.807) is 6.92 Å². The lowest BCUT2D eigenvalue weighted by atomic mass is 9.59. The van der Waals surface area contributed by atoms with Crippen molar-refractivity contribution in [2.45, 2.75) is 25.7 Å². The average molecular weight is 527 g/mol. The second-order valence-electron chi connectivity index (χ2n) is 10.4. The zero-order valence-electron chi connectivity index (χ0n) is 20.8. The molecule has 8 nitrogen and oxygen atoms in total. The molecule has 0 radical (unpaired) electrons. The number of phenols is 1. The zero-order valence-corrected chi connectivity index (χ0v) is 20.8. The van der Waals surface area contributed by atoms with Gasteiger partial charge in [-0.2, -0.15) is 0 Å². The molecule has 4 atom stereocenters. The Morgan fingerprint density at radius 3 is 2.49 bits per heavy atom. The number of halogens is 1. The Hall–Kier alpha value is -4.15. The number of carbonyl (C=O) groups excluding carboxylic acids is 4. The highest BCUT2D eigenvalue weighted by atomic mass is 19.1. The molecule has 0 spiro atoms. The van der Waals surface area contributed by atoms with Gasteiger partial charge in [0.05, 0.1) is 17.5 Å². The second-order valence-corrected chi connectivity index (χ2v) is 10.4. The number of anilines is 1. The van der Waals surface area contributed by atoms with Crippen LogP contribution in [0.25, 0.3) is 0 Å². The maximum atomic E-state index is 14.5. The molecule has 39 heavy (non-hydrogen) atoms.